The zero-order chi connectivity index (χ0) is 23.5. The van der Waals surface area contributed by atoms with E-state index >= 15 is 0 Å². The van der Waals surface area contributed by atoms with Gasteiger partial charge in [-0.25, -0.2) is 14.4 Å². The van der Waals surface area contributed by atoms with E-state index in [9.17, 15) is 14.4 Å². The molecule has 0 spiro atoms. The fraction of sp³-hybridized carbons (Fsp3) is 0.292. The molecule has 0 aliphatic carbocycles. The van der Waals surface area contributed by atoms with Crippen molar-refractivity contribution in [3.05, 3.63) is 64.0 Å². The van der Waals surface area contributed by atoms with Crippen molar-refractivity contribution in [1.82, 2.24) is 5.32 Å². The van der Waals surface area contributed by atoms with Crippen LogP contribution in [0.15, 0.2) is 57.7 Å². The smallest absolute Gasteiger partial charge is 0.408 e. The van der Waals surface area contributed by atoms with Gasteiger partial charge < -0.3 is 19.2 Å². The summed E-state index contributed by atoms with van der Waals surface area (Å²) < 4.78 is 15.9. The predicted octanol–water partition coefficient (Wildman–Crippen LogP) is 5.32. The first kappa shape index (κ1) is 23.3. The van der Waals surface area contributed by atoms with Crippen LogP contribution < -0.4 is 15.7 Å². The van der Waals surface area contributed by atoms with Crippen molar-refractivity contribution in [2.75, 3.05) is 0 Å². The summed E-state index contributed by atoms with van der Waals surface area (Å²) in [6, 6.07) is 12.7. The summed E-state index contributed by atoms with van der Waals surface area (Å²) in [4.78, 5) is 36.8. The number of nitrogens with one attached hydrogen (secondary N) is 1. The minimum atomic E-state index is -0.945. The molecule has 0 saturated carbocycles. The van der Waals surface area contributed by atoms with E-state index in [0.717, 1.165) is 5.56 Å². The Morgan fingerprint density at radius 3 is 2.44 bits per heavy atom. The van der Waals surface area contributed by atoms with Crippen molar-refractivity contribution in [1.29, 1.82) is 0 Å². The molecule has 168 valence electrons. The first-order valence-electron chi connectivity index (χ1n) is 10.1. The Kier molecular flexibility index (Phi) is 6.89. The Morgan fingerprint density at radius 1 is 1.12 bits per heavy atom. The minimum Gasteiger partial charge on any atom is -0.444 e. The van der Waals surface area contributed by atoms with Crippen LogP contribution in [0.4, 0.5) is 4.79 Å². The van der Waals surface area contributed by atoms with Gasteiger partial charge in [0.05, 0.1) is 5.02 Å². The lowest BCUT2D eigenvalue weighted by atomic mass is 10.0. The molecule has 3 rings (SSSR count). The molecular formula is C24H24ClNO6. The molecule has 0 bridgehead atoms. The van der Waals surface area contributed by atoms with Gasteiger partial charge in [-0.1, -0.05) is 48.9 Å². The van der Waals surface area contributed by atoms with E-state index in [1.807, 2.05) is 30.3 Å². The molecular weight excluding hydrogens is 434 g/mol. The van der Waals surface area contributed by atoms with Crippen molar-refractivity contribution in [2.24, 2.45) is 0 Å². The number of rotatable bonds is 5. The highest BCUT2D eigenvalue weighted by molar-refractivity contribution is 6.33. The highest BCUT2D eigenvalue weighted by Crippen LogP contribution is 2.35. The van der Waals surface area contributed by atoms with E-state index < -0.39 is 29.3 Å². The largest absolute Gasteiger partial charge is 0.444 e. The molecule has 0 aliphatic rings. The molecule has 1 aromatic heterocycles. The summed E-state index contributed by atoms with van der Waals surface area (Å²) in [5, 5.41) is 3.24. The number of hydrogen-bond acceptors (Lipinski definition) is 6. The lowest BCUT2D eigenvalue weighted by Gasteiger charge is -2.22. The van der Waals surface area contributed by atoms with Crippen LogP contribution in [-0.4, -0.2) is 23.7 Å². The second-order valence-corrected chi connectivity index (χ2v) is 8.56. The average molecular weight is 458 g/mol. The number of esters is 1. The van der Waals surface area contributed by atoms with Gasteiger partial charge in [-0.15, -0.1) is 0 Å². The number of benzene rings is 2. The van der Waals surface area contributed by atoms with Crippen LogP contribution in [0, 0.1) is 0 Å². The second kappa shape index (κ2) is 9.44. The summed E-state index contributed by atoms with van der Waals surface area (Å²) in [5.41, 5.74) is 0.432. The fourth-order valence-electron chi connectivity index (χ4n) is 3.05. The molecule has 1 atom stereocenters. The maximum absolute atomic E-state index is 12.6. The van der Waals surface area contributed by atoms with Crippen LogP contribution in [0.5, 0.6) is 5.75 Å². The molecule has 1 amide bonds. The maximum atomic E-state index is 12.6. The van der Waals surface area contributed by atoms with Crippen LogP contribution >= 0.6 is 11.6 Å². The van der Waals surface area contributed by atoms with Crippen LogP contribution in [0.2, 0.25) is 5.02 Å². The topological polar surface area (TPSA) is 94.8 Å². The Balaban J connectivity index is 1.89. The highest BCUT2D eigenvalue weighted by atomic mass is 35.5. The summed E-state index contributed by atoms with van der Waals surface area (Å²) in [7, 11) is 0. The number of carbonyl (C=O) groups excluding carboxylic acids is 2. The van der Waals surface area contributed by atoms with Crippen molar-refractivity contribution >= 4 is 34.6 Å². The molecule has 32 heavy (non-hydrogen) atoms. The lowest BCUT2D eigenvalue weighted by Crippen LogP contribution is -2.44. The van der Waals surface area contributed by atoms with Gasteiger partial charge >= 0.3 is 17.7 Å². The van der Waals surface area contributed by atoms with Crippen molar-refractivity contribution in [3.8, 4) is 16.9 Å². The number of amides is 1. The minimum absolute atomic E-state index is 0.0157. The van der Waals surface area contributed by atoms with Crippen molar-refractivity contribution < 1.29 is 23.5 Å². The predicted molar refractivity (Wildman–Crippen MR) is 122 cm³/mol. The number of halogens is 1. The van der Waals surface area contributed by atoms with Gasteiger partial charge in [0.2, 0.25) is 0 Å². The highest BCUT2D eigenvalue weighted by Gasteiger charge is 2.25. The third kappa shape index (κ3) is 5.68. The van der Waals surface area contributed by atoms with E-state index in [1.54, 1.807) is 33.8 Å². The van der Waals surface area contributed by atoms with E-state index in [1.165, 1.54) is 12.1 Å². The van der Waals surface area contributed by atoms with E-state index in [0.29, 0.717) is 10.9 Å². The third-order valence-corrected chi connectivity index (χ3v) is 4.77. The van der Waals surface area contributed by atoms with Gasteiger partial charge in [0.25, 0.3) is 0 Å². The molecule has 1 heterocycles. The summed E-state index contributed by atoms with van der Waals surface area (Å²) in [6.07, 6.45) is -0.458. The number of carbonyl (C=O) groups is 2. The monoisotopic (exact) mass is 457 g/mol. The van der Waals surface area contributed by atoms with Crippen LogP contribution in [0.1, 0.15) is 34.1 Å². The van der Waals surface area contributed by atoms with Gasteiger partial charge in [-0.3, -0.25) is 0 Å². The molecule has 0 unspecified atom stereocenters. The summed E-state index contributed by atoms with van der Waals surface area (Å²) >= 11 is 6.38. The Morgan fingerprint density at radius 2 is 1.81 bits per heavy atom. The first-order chi connectivity index (χ1) is 15.1. The zero-order valence-corrected chi connectivity index (χ0v) is 19.0. The van der Waals surface area contributed by atoms with Gasteiger partial charge in [0.1, 0.15) is 17.2 Å². The molecule has 0 radical (unpaired) electrons. The molecule has 2 aromatic carbocycles. The second-order valence-electron chi connectivity index (χ2n) is 8.15. The van der Waals surface area contributed by atoms with Crippen LogP contribution in [-0.2, 0) is 9.53 Å². The van der Waals surface area contributed by atoms with E-state index in [4.69, 9.17) is 25.5 Å². The molecule has 0 saturated heterocycles. The number of hydrogen-bond donors (Lipinski definition) is 1. The third-order valence-electron chi connectivity index (χ3n) is 4.48. The lowest BCUT2D eigenvalue weighted by molar-refractivity contribution is -0.136. The van der Waals surface area contributed by atoms with Crippen LogP contribution in [0.3, 0.4) is 0 Å². The SMILES string of the molecule is CC[C@@H](NC(=O)OC(C)(C)C)C(=O)Oc1cc2oc(=O)cc(-c3ccccc3)c2cc1Cl. The molecule has 0 fully saturated rings. The number of fused-ring (bicyclic) bond motifs is 1. The summed E-state index contributed by atoms with van der Waals surface area (Å²) in [6.45, 7) is 6.88. The Hall–Kier alpha value is -3.32. The van der Waals surface area contributed by atoms with E-state index in [-0.39, 0.29) is 22.8 Å². The van der Waals surface area contributed by atoms with Gasteiger partial charge in [-0.2, -0.15) is 0 Å². The molecule has 1 N–H and O–H groups in total. The molecule has 8 heteroatoms. The van der Waals surface area contributed by atoms with Gasteiger partial charge in [-0.05, 0) is 44.4 Å². The fourth-order valence-corrected chi connectivity index (χ4v) is 3.26. The Bertz CT molecular complexity index is 1200. The number of ether oxygens (including phenoxy) is 2. The average Bonchev–Trinajstić information content (AvgIpc) is 2.71. The maximum Gasteiger partial charge on any atom is 0.408 e. The zero-order valence-electron chi connectivity index (χ0n) is 18.2. The number of alkyl carbamates (subject to hydrolysis) is 1. The van der Waals surface area contributed by atoms with E-state index in [2.05, 4.69) is 5.32 Å². The molecule has 3 aromatic rings. The van der Waals surface area contributed by atoms with Gasteiger partial charge in [0.15, 0.2) is 5.75 Å². The first-order valence-corrected chi connectivity index (χ1v) is 10.5. The summed E-state index contributed by atoms with van der Waals surface area (Å²) in [5.74, 6) is -0.705. The van der Waals surface area contributed by atoms with Crippen molar-refractivity contribution in [3.63, 3.8) is 0 Å². The van der Waals surface area contributed by atoms with Crippen LogP contribution in [0.25, 0.3) is 22.1 Å². The Labute approximate surface area is 190 Å². The standard InChI is InChI=1S/C24H24ClNO6/c1-5-18(26-23(29)32-24(2,3)4)22(28)31-20-13-19-16(11-17(20)25)15(12-21(27)30-19)14-9-7-6-8-10-14/h6-13,18H,5H2,1-4H3,(H,26,29)/t18-/m1/s1. The van der Waals surface area contributed by atoms with Gasteiger partial charge in [0, 0.05) is 17.5 Å². The van der Waals surface area contributed by atoms with Crippen molar-refractivity contribution in [2.45, 2.75) is 45.8 Å². The normalized spacial score (nSPS) is 12.3. The molecule has 0 aliphatic heterocycles. The quantitative estimate of drug-likeness (QED) is 0.316. The molecule has 7 nitrogen and oxygen atoms in total.